The number of fused-ring (bicyclic) bond motifs is 6. The van der Waals surface area contributed by atoms with E-state index in [-0.39, 0.29) is 0 Å². The Hall–Kier alpha value is -5.32. The molecule has 0 N–H and O–H groups in total. The topological polar surface area (TPSA) is 57.4 Å². The van der Waals surface area contributed by atoms with Gasteiger partial charge in [-0.1, -0.05) is 42.5 Å². The van der Waals surface area contributed by atoms with Crippen molar-refractivity contribution in [3.8, 4) is 23.5 Å². The highest BCUT2D eigenvalue weighted by Crippen LogP contribution is 2.35. The van der Waals surface area contributed by atoms with Crippen molar-refractivity contribution >= 4 is 43.6 Å². The Morgan fingerprint density at radius 2 is 0.861 bits per heavy atom. The van der Waals surface area contributed by atoms with E-state index in [4.69, 9.17) is 0 Å². The Balaban J connectivity index is 1.53. The molecule has 166 valence electrons. The van der Waals surface area contributed by atoms with Gasteiger partial charge in [-0.15, -0.1) is 0 Å². The molecule has 4 heteroatoms. The zero-order chi connectivity index (χ0) is 24.2. The molecule has 0 aliphatic heterocycles. The van der Waals surface area contributed by atoms with Crippen molar-refractivity contribution in [1.29, 1.82) is 10.5 Å². The van der Waals surface area contributed by atoms with Gasteiger partial charge >= 0.3 is 0 Å². The van der Waals surface area contributed by atoms with Crippen LogP contribution < -0.4 is 0 Å². The van der Waals surface area contributed by atoms with Crippen LogP contribution in [0.25, 0.3) is 55.0 Å². The average molecular weight is 459 g/mol. The summed E-state index contributed by atoms with van der Waals surface area (Å²) in [7, 11) is 0. The number of hydrogen-bond acceptors (Lipinski definition) is 2. The number of nitrogens with zero attached hydrogens (tertiary/aromatic N) is 4. The number of aromatic nitrogens is 2. The van der Waals surface area contributed by atoms with Crippen LogP contribution in [0.3, 0.4) is 0 Å². The van der Waals surface area contributed by atoms with E-state index in [1.165, 1.54) is 0 Å². The Bertz CT molecular complexity index is 1930. The van der Waals surface area contributed by atoms with Crippen LogP contribution in [0.2, 0.25) is 0 Å². The van der Waals surface area contributed by atoms with Gasteiger partial charge in [0.2, 0.25) is 0 Å². The zero-order valence-electron chi connectivity index (χ0n) is 19.2. The lowest BCUT2D eigenvalue weighted by Gasteiger charge is -2.12. The molecule has 0 unspecified atom stereocenters. The molecule has 0 atom stereocenters. The summed E-state index contributed by atoms with van der Waals surface area (Å²) in [5.41, 5.74) is 7.72. The number of para-hydroxylation sites is 2. The fourth-order valence-corrected chi connectivity index (χ4v) is 5.41. The van der Waals surface area contributed by atoms with E-state index in [1.807, 2.05) is 60.7 Å². The summed E-state index contributed by atoms with van der Waals surface area (Å²) in [4.78, 5) is 0. The predicted octanol–water partition coefficient (Wildman–Crippen LogP) is 7.62. The molecule has 0 saturated heterocycles. The third-order valence-corrected chi connectivity index (χ3v) is 6.95. The van der Waals surface area contributed by atoms with E-state index < -0.39 is 0 Å². The van der Waals surface area contributed by atoms with Crippen molar-refractivity contribution < 1.29 is 0 Å². The summed E-state index contributed by atoms with van der Waals surface area (Å²) in [6, 6.07) is 41.5. The first kappa shape index (κ1) is 20.1. The monoisotopic (exact) mass is 458 g/mol. The van der Waals surface area contributed by atoms with Crippen molar-refractivity contribution in [3.63, 3.8) is 0 Å². The summed E-state index contributed by atoms with van der Waals surface area (Å²) < 4.78 is 4.52. The van der Waals surface area contributed by atoms with Crippen LogP contribution in [0, 0.1) is 22.7 Å². The Morgan fingerprint density at radius 3 is 1.33 bits per heavy atom. The maximum absolute atomic E-state index is 9.46. The van der Waals surface area contributed by atoms with Gasteiger partial charge in [-0.3, -0.25) is 0 Å². The van der Waals surface area contributed by atoms with E-state index in [9.17, 15) is 10.5 Å². The number of rotatable bonds is 2. The van der Waals surface area contributed by atoms with Gasteiger partial charge in [0.05, 0.1) is 45.3 Å². The second-order valence-corrected chi connectivity index (χ2v) is 8.91. The standard InChI is InChI=1S/C32H18N4/c33-19-21-12-14-31-27(16-21)25-8-1-3-10-29(25)35(31)23-6-5-7-24(18-23)36-30-11-4-2-9-26(30)28-17-22(20-34)13-15-32(28)36/h1-18H. The Labute approximate surface area is 207 Å². The minimum absolute atomic E-state index is 0.654. The van der Waals surface area contributed by atoms with Crippen LogP contribution in [0.4, 0.5) is 0 Å². The van der Waals surface area contributed by atoms with Crippen LogP contribution in [-0.2, 0) is 0 Å². The maximum Gasteiger partial charge on any atom is 0.0991 e. The molecule has 0 spiro atoms. The Morgan fingerprint density at radius 1 is 0.417 bits per heavy atom. The fourth-order valence-electron chi connectivity index (χ4n) is 5.41. The third kappa shape index (κ3) is 2.79. The van der Waals surface area contributed by atoms with Gasteiger partial charge in [0, 0.05) is 32.9 Å². The largest absolute Gasteiger partial charge is 0.309 e. The second kappa shape index (κ2) is 7.60. The van der Waals surface area contributed by atoms with Gasteiger partial charge < -0.3 is 9.13 Å². The second-order valence-electron chi connectivity index (χ2n) is 8.91. The SMILES string of the molecule is N#Cc1ccc2c(c1)c1ccccc1n2-c1cccc(-n2c3ccccc3c3cc(C#N)ccc32)c1. The highest BCUT2D eigenvalue weighted by Gasteiger charge is 2.16. The number of nitriles is 2. The summed E-state index contributed by atoms with van der Waals surface area (Å²) in [6.45, 7) is 0. The van der Waals surface area contributed by atoms with Gasteiger partial charge in [-0.25, -0.2) is 0 Å². The molecular formula is C32H18N4. The minimum Gasteiger partial charge on any atom is -0.309 e. The van der Waals surface area contributed by atoms with E-state index in [1.54, 1.807) is 0 Å². The van der Waals surface area contributed by atoms with Crippen molar-refractivity contribution in [2.24, 2.45) is 0 Å². The van der Waals surface area contributed by atoms with Gasteiger partial charge in [0.1, 0.15) is 0 Å². The summed E-state index contributed by atoms with van der Waals surface area (Å²) in [5.74, 6) is 0. The molecule has 36 heavy (non-hydrogen) atoms. The lowest BCUT2D eigenvalue weighted by molar-refractivity contribution is 1.13. The van der Waals surface area contributed by atoms with Gasteiger partial charge in [0.25, 0.3) is 0 Å². The third-order valence-electron chi connectivity index (χ3n) is 6.95. The van der Waals surface area contributed by atoms with E-state index in [0.717, 1.165) is 55.0 Å². The summed E-state index contributed by atoms with van der Waals surface area (Å²) in [6.07, 6.45) is 0. The normalized spacial score (nSPS) is 11.3. The number of benzene rings is 5. The molecule has 0 bridgehead atoms. The molecule has 0 saturated carbocycles. The van der Waals surface area contributed by atoms with Crippen LogP contribution in [-0.4, -0.2) is 9.13 Å². The van der Waals surface area contributed by atoms with Crippen molar-refractivity contribution in [2.45, 2.75) is 0 Å². The highest BCUT2D eigenvalue weighted by atomic mass is 15.0. The molecule has 4 nitrogen and oxygen atoms in total. The van der Waals surface area contributed by atoms with Crippen LogP contribution in [0.15, 0.2) is 109 Å². The first-order valence-corrected chi connectivity index (χ1v) is 11.7. The number of hydrogen-bond donors (Lipinski definition) is 0. The molecule has 0 aliphatic carbocycles. The molecule has 5 aromatic carbocycles. The quantitative estimate of drug-likeness (QED) is 0.267. The van der Waals surface area contributed by atoms with E-state index in [0.29, 0.717) is 11.1 Å². The van der Waals surface area contributed by atoms with Crippen LogP contribution >= 0.6 is 0 Å². The van der Waals surface area contributed by atoms with Gasteiger partial charge in [-0.05, 0) is 66.7 Å². The van der Waals surface area contributed by atoms with Crippen LogP contribution in [0.5, 0.6) is 0 Å². The zero-order valence-corrected chi connectivity index (χ0v) is 19.2. The molecule has 2 heterocycles. The molecule has 7 aromatic rings. The molecule has 0 fully saturated rings. The van der Waals surface area contributed by atoms with Crippen molar-refractivity contribution in [3.05, 3.63) is 120 Å². The predicted molar refractivity (Wildman–Crippen MR) is 145 cm³/mol. The lowest BCUT2D eigenvalue weighted by Crippen LogP contribution is -1.98. The molecule has 0 radical (unpaired) electrons. The van der Waals surface area contributed by atoms with Gasteiger partial charge in [0.15, 0.2) is 0 Å². The first-order chi connectivity index (χ1) is 17.8. The smallest absolute Gasteiger partial charge is 0.0991 e. The van der Waals surface area contributed by atoms with Crippen molar-refractivity contribution in [1.82, 2.24) is 9.13 Å². The average Bonchev–Trinajstić information content (AvgIpc) is 3.45. The Kier molecular flexibility index (Phi) is 4.24. The fraction of sp³-hybridized carbons (Fsp3) is 0. The molecule has 0 amide bonds. The van der Waals surface area contributed by atoms with E-state index >= 15 is 0 Å². The summed E-state index contributed by atoms with van der Waals surface area (Å²) in [5, 5.41) is 23.3. The van der Waals surface area contributed by atoms with Crippen molar-refractivity contribution in [2.75, 3.05) is 0 Å². The molecule has 7 rings (SSSR count). The summed E-state index contributed by atoms with van der Waals surface area (Å²) >= 11 is 0. The van der Waals surface area contributed by atoms with E-state index in [2.05, 4.69) is 69.8 Å². The highest BCUT2D eigenvalue weighted by molar-refractivity contribution is 6.11. The molecule has 2 aromatic heterocycles. The molecule has 0 aliphatic rings. The van der Waals surface area contributed by atoms with Gasteiger partial charge in [-0.2, -0.15) is 10.5 Å². The molecular weight excluding hydrogens is 440 g/mol. The lowest BCUT2D eigenvalue weighted by atomic mass is 10.1. The minimum atomic E-state index is 0.654. The maximum atomic E-state index is 9.46. The van der Waals surface area contributed by atoms with Crippen LogP contribution in [0.1, 0.15) is 11.1 Å². The first-order valence-electron chi connectivity index (χ1n) is 11.7.